The normalized spacial score (nSPS) is 14.8. The molecule has 0 spiro atoms. The summed E-state index contributed by atoms with van der Waals surface area (Å²) < 4.78 is 5.27. The summed E-state index contributed by atoms with van der Waals surface area (Å²) >= 11 is 0. The van der Waals surface area contributed by atoms with Crippen molar-refractivity contribution in [1.82, 2.24) is 15.1 Å². The molecule has 3 aromatic carbocycles. The summed E-state index contributed by atoms with van der Waals surface area (Å²) in [6.45, 7) is 2.73. The van der Waals surface area contributed by atoms with Gasteiger partial charge in [0.15, 0.2) is 0 Å². The summed E-state index contributed by atoms with van der Waals surface area (Å²) in [7, 11) is 1.64. The summed E-state index contributed by atoms with van der Waals surface area (Å²) in [6, 6.07) is 26.7. The van der Waals surface area contributed by atoms with Crippen LogP contribution in [0, 0.1) is 0 Å². The Kier molecular flexibility index (Phi) is 7.78. The first-order valence-corrected chi connectivity index (χ1v) is 11.4. The third-order valence-corrected chi connectivity index (χ3v) is 5.94. The Labute approximate surface area is 200 Å². The van der Waals surface area contributed by atoms with E-state index in [1.165, 1.54) is 0 Å². The number of anilines is 1. The van der Waals surface area contributed by atoms with Crippen molar-refractivity contribution < 1.29 is 14.3 Å². The van der Waals surface area contributed by atoms with Crippen LogP contribution in [0.5, 0.6) is 5.75 Å². The second-order valence-electron chi connectivity index (χ2n) is 8.24. The lowest BCUT2D eigenvalue weighted by Crippen LogP contribution is -2.52. The van der Waals surface area contributed by atoms with Gasteiger partial charge in [-0.1, -0.05) is 60.7 Å². The Morgan fingerprint density at radius 3 is 2.03 bits per heavy atom. The molecule has 3 aromatic rings. The number of urea groups is 1. The number of nitrogens with one attached hydrogen (secondary N) is 2. The number of methoxy groups -OCH3 is 1. The van der Waals surface area contributed by atoms with E-state index in [1.54, 1.807) is 12.0 Å². The molecule has 2 N–H and O–H groups in total. The largest absolute Gasteiger partial charge is 0.497 e. The van der Waals surface area contributed by atoms with E-state index in [0.29, 0.717) is 26.2 Å². The number of hydrogen-bond acceptors (Lipinski definition) is 4. The maximum absolute atomic E-state index is 13.0. The summed E-state index contributed by atoms with van der Waals surface area (Å²) in [5.41, 5.74) is 2.78. The van der Waals surface area contributed by atoms with Crippen molar-refractivity contribution in [3.05, 3.63) is 96.1 Å². The maximum Gasteiger partial charge on any atom is 0.321 e. The SMILES string of the molecule is COc1ccc([C@H](NC(=O)CN2CCN(C(=O)Nc3ccccc3)CC2)c2ccccc2)cc1. The van der Waals surface area contributed by atoms with Crippen LogP contribution in [0.3, 0.4) is 0 Å². The number of ether oxygens (including phenoxy) is 1. The third-order valence-electron chi connectivity index (χ3n) is 5.94. The van der Waals surface area contributed by atoms with Crippen LogP contribution in [-0.2, 0) is 4.79 Å². The highest BCUT2D eigenvalue weighted by atomic mass is 16.5. The van der Waals surface area contributed by atoms with E-state index in [1.807, 2.05) is 84.9 Å². The summed E-state index contributed by atoms with van der Waals surface area (Å²) in [5, 5.41) is 6.10. The van der Waals surface area contributed by atoms with Crippen molar-refractivity contribution in [1.29, 1.82) is 0 Å². The van der Waals surface area contributed by atoms with E-state index in [2.05, 4.69) is 15.5 Å². The summed E-state index contributed by atoms with van der Waals surface area (Å²) in [6.07, 6.45) is 0. The topological polar surface area (TPSA) is 73.9 Å². The van der Waals surface area contributed by atoms with E-state index in [0.717, 1.165) is 22.6 Å². The number of carbonyl (C=O) groups is 2. The van der Waals surface area contributed by atoms with Crippen molar-refractivity contribution in [2.75, 3.05) is 45.2 Å². The van der Waals surface area contributed by atoms with Crippen LogP contribution in [0.4, 0.5) is 10.5 Å². The lowest BCUT2D eigenvalue weighted by molar-refractivity contribution is -0.123. The Morgan fingerprint density at radius 1 is 0.824 bits per heavy atom. The molecule has 34 heavy (non-hydrogen) atoms. The number of amides is 3. The van der Waals surface area contributed by atoms with Crippen LogP contribution in [0.25, 0.3) is 0 Å². The molecule has 3 amide bonds. The zero-order valence-electron chi connectivity index (χ0n) is 19.3. The molecule has 0 aromatic heterocycles. The number of nitrogens with zero attached hydrogens (tertiary/aromatic N) is 2. The molecule has 0 aliphatic carbocycles. The molecule has 1 aliphatic heterocycles. The van der Waals surface area contributed by atoms with Crippen LogP contribution in [0.2, 0.25) is 0 Å². The lowest BCUT2D eigenvalue weighted by Gasteiger charge is -2.34. The molecule has 1 heterocycles. The van der Waals surface area contributed by atoms with Gasteiger partial charge in [0.25, 0.3) is 0 Å². The molecule has 0 radical (unpaired) electrons. The van der Waals surface area contributed by atoms with Gasteiger partial charge in [-0.05, 0) is 35.4 Å². The van der Waals surface area contributed by atoms with E-state index in [4.69, 9.17) is 4.74 Å². The van der Waals surface area contributed by atoms with Gasteiger partial charge in [-0.2, -0.15) is 0 Å². The average Bonchev–Trinajstić information content (AvgIpc) is 2.89. The van der Waals surface area contributed by atoms with Gasteiger partial charge in [0, 0.05) is 31.9 Å². The van der Waals surface area contributed by atoms with E-state index in [-0.39, 0.29) is 24.5 Å². The Bertz CT molecular complexity index is 1070. The Balaban J connectivity index is 1.33. The number of hydrogen-bond donors (Lipinski definition) is 2. The minimum atomic E-state index is -0.252. The predicted octanol–water partition coefficient (Wildman–Crippen LogP) is 3.75. The average molecular weight is 459 g/mol. The standard InChI is InChI=1S/C27H30N4O3/c1-34-24-14-12-22(13-15-24)26(21-8-4-2-5-9-21)29-25(32)20-30-16-18-31(19-17-30)27(33)28-23-10-6-3-7-11-23/h2-15,26H,16-20H2,1H3,(H,28,33)(H,29,32)/t26-/m1/s1. The lowest BCUT2D eigenvalue weighted by atomic mass is 9.98. The number of carbonyl (C=O) groups excluding carboxylic acids is 2. The highest BCUT2D eigenvalue weighted by Gasteiger charge is 2.24. The first-order chi connectivity index (χ1) is 16.6. The van der Waals surface area contributed by atoms with E-state index in [9.17, 15) is 9.59 Å². The van der Waals surface area contributed by atoms with Crippen molar-refractivity contribution in [3.8, 4) is 5.75 Å². The van der Waals surface area contributed by atoms with Gasteiger partial charge >= 0.3 is 6.03 Å². The van der Waals surface area contributed by atoms with Crippen LogP contribution in [-0.4, -0.2) is 61.6 Å². The fraction of sp³-hybridized carbons (Fsp3) is 0.259. The second-order valence-corrected chi connectivity index (χ2v) is 8.24. The van der Waals surface area contributed by atoms with Crippen LogP contribution >= 0.6 is 0 Å². The fourth-order valence-corrected chi connectivity index (χ4v) is 4.04. The third kappa shape index (κ3) is 6.14. The zero-order valence-corrected chi connectivity index (χ0v) is 19.3. The smallest absolute Gasteiger partial charge is 0.321 e. The van der Waals surface area contributed by atoms with Crippen LogP contribution in [0.15, 0.2) is 84.9 Å². The number of piperazine rings is 1. The molecule has 0 bridgehead atoms. The molecule has 7 heteroatoms. The van der Waals surface area contributed by atoms with E-state index < -0.39 is 0 Å². The number of rotatable bonds is 7. The van der Waals surface area contributed by atoms with Gasteiger partial charge in [-0.25, -0.2) is 4.79 Å². The van der Waals surface area contributed by atoms with Gasteiger partial charge in [0.05, 0.1) is 19.7 Å². The maximum atomic E-state index is 13.0. The Hall–Kier alpha value is -3.84. The second kappa shape index (κ2) is 11.3. The highest BCUT2D eigenvalue weighted by Crippen LogP contribution is 2.24. The van der Waals surface area contributed by atoms with Crippen molar-refractivity contribution in [2.24, 2.45) is 0 Å². The van der Waals surface area contributed by atoms with E-state index >= 15 is 0 Å². The summed E-state index contributed by atoms with van der Waals surface area (Å²) in [4.78, 5) is 29.4. The molecule has 1 atom stereocenters. The van der Waals surface area contributed by atoms with Crippen molar-refractivity contribution >= 4 is 17.6 Å². The molecule has 1 saturated heterocycles. The molecule has 1 fully saturated rings. The monoisotopic (exact) mass is 458 g/mol. The van der Waals surface area contributed by atoms with Crippen LogP contribution in [0.1, 0.15) is 17.2 Å². The van der Waals surface area contributed by atoms with Crippen LogP contribution < -0.4 is 15.4 Å². The molecule has 4 rings (SSSR count). The van der Waals surface area contributed by atoms with Crippen molar-refractivity contribution in [2.45, 2.75) is 6.04 Å². The first-order valence-electron chi connectivity index (χ1n) is 11.4. The molecule has 0 saturated carbocycles. The predicted molar refractivity (Wildman–Crippen MR) is 133 cm³/mol. The molecule has 176 valence electrons. The summed E-state index contributed by atoms with van der Waals surface area (Å²) in [5.74, 6) is 0.725. The molecular weight excluding hydrogens is 428 g/mol. The van der Waals surface area contributed by atoms with Gasteiger partial charge in [-0.15, -0.1) is 0 Å². The van der Waals surface area contributed by atoms with Gasteiger partial charge in [0.1, 0.15) is 5.75 Å². The van der Waals surface area contributed by atoms with Gasteiger partial charge in [0.2, 0.25) is 5.91 Å². The minimum Gasteiger partial charge on any atom is -0.497 e. The van der Waals surface area contributed by atoms with Gasteiger partial charge in [-0.3, -0.25) is 9.69 Å². The Morgan fingerprint density at radius 2 is 1.41 bits per heavy atom. The first kappa shape index (κ1) is 23.3. The highest BCUT2D eigenvalue weighted by molar-refractivity contribution is 5.89. The minimum absolute atomic E-state index is 0.0492. The number of para-hydroxylation sites is 1. The zero-order chi connectivity index (χ0) is 23.8. The van der Waals surface area contributed by atoms with Crippen molar-refractivity contribution in [3.63, 3.8) is 0 Å². The molecular formula is C27H30N4O3. The molecule has 7 nitrogen and oxygen atoms in total. The fourth-order valence-electron chi connectivity index (χ4n) is 4.04. The molecule has 1 aliphatic rings. The number of benzene rings is 3. The molecule has 0 unspecified atom stereocenters. The quantitative estimate of drug-likeness (QED) is 0.566. The van der Waals surface area contributed by atoms with Gasteiger partial charge < -0.3 is 20.3 Å².